The maximum Gasteiger partial charge on any atom is 0.265 e. The van der Waals surface area contributed by atoms with Gasteiger partial charge in [0.15, 0.2) is 0 Å². The van der Waals surface area contributed by atoms with Gasteiger partial charge in [0.2, 0.25) is 5.91 Å². The van der Waals surface area contributed by atoms with Gasteiger partial charge in [0.1, 0.15) is 17.6 Å². The second kappa shape index (κ2) is 15.0. The lowest BCUT2D eigenvalue weighted by atomic mass is 9.76. The molecule has 3 rings (SSSR count). The molecule has 9 heteroatoms. The molecule has 0 heterocycles. The summed E-state index contributed by atoms with van der Waals surface area (Å²) in [5, 5.41) is 2.97. The fourth-order valence-electron chi connectivity index (χ4n) is 4.90. The Balaban J connectivity index is 1.68. The molecule has 1 amide bonds. The number of sulfonamides is 1. The molecule has 0 saturated carbocycles. The Morgan fingerprint density at radius 2 is 1.60 bits per heavy atom. The van der Waals surface area contributed by atoms with Crippen LogP contribution in [0.5, 0.6) is 5.75 Å². The van der Waals surface area contributed by atoms with Crippen LogP contribution < -0.4 is 14.4 Å². The molecule has 1 N–H and O–H groups in total. The molecule has 0 aliphatic heterocycles. The van der Waals surface area contributed by atoms with Gasteiger partial charge in [-0.1, -0.05) is 83.0 Å². The number of benzene rings is 3. The van der Waals surface area contributed by atoms with Crippen molar-refractivity contribution >= 4 is 33.2 Å². The average molecular weight is 659 g/mol. The Morgan fingerprint density at radius 1 is 0.956 bits per heavy atom. The minimum absolute atomic E-state index is 0.0491. The minimum atomic E-state index is -4.30. The van der Waals surface area contributed by atoms with Crippen molar-refractivity contribution in [3.05, 3.63) is 88.2 Å². The highest BCUT2D eigenvalue weighted by Gasteiger charge is 2.35. The molecule has 0 bridgehead atoms. The van der Waals surface area contributed by atoms with E-state index < -0.39 is 27.8 Å². The molecule has 3 aromatic rings. The molecular formula is C36H48ClFN2O4S. The van der Waals surface area contributed by atoms with E-state index in [9.17, 15) is 17.6 Å². The molecule has 0 fully saturated rings. The summed E-state index contributed by atoms with van der Waals surface area (Å²) in [6.45, 7) is 17.4. The van der Waals surface area contributed by atoms with Crippen LogP contribution in [0.1, 0.15) is 90.8 Å². The molecular weight excluding hydrogens is 611 g/mol. The number of anilines is 1. The van der Waals surface area contributed by atoms with Gasteiger partial charge < -0.3 is 10.1 Å². The smallest absolute Gasteiger partial charge is 0.265 e. The quantitative estimate of drug-likeness (QED) is 0.166. The Labute approximate surface area is 274 Å². The van der Waals surface area contributed by atoms with Crippen LogP contribution in [0.25, 0.3) is 0 Å². The third-order valence-electron chi connectivity index (χ3n) is 8.84. The molecule has 45 heavy (non-hydrogen) atoms. The summed E-state index contributed by atoms with van der Waals surface area (Å²) in [7, 11) is -4.30. The molecule has 0 saturated heterocycles. The van der Waals surface area contributed by atoms with E-state index in [0.717, 1.165) is 34.5 Å². The number of carbonyl (C=O) groups excluding carboxylic acids is 1. The number of carbonyl (C=O) groups is 1. The lowest BCUT2D eigenvalue weighted by molar-refractivity contribution is -0.121. The van der Waals surface area contributed by atoms with E-state index in [1.54, 1.807) is 12.1 Å². The Hall–Kier alpha value is -3.10. The molecule has 1 atom stereocenters. The van der Waals surface area contributed by atoms with E-state index in [1.807, 2.05) is 6.92 Å². The fraction of sp³-hybridized carbons (Fsp3) is 0.472. The first kappa shape index (κ1) is 36.4. The minimum Gasteiger partial charge on any atom is -0.493 e. The highest BCUT2D eigenvalue weighted by Crippen LogP contribution is 2.38. The zero-order valence-electron chi connectivity index (χ0n) is 27.8. The second-order valence-corrected chi connectivity index (χ2v) is 15.2. The standard InChI is InChI=1S/C36H48ClFN2O4S/c1-9-35(5,6)27-15-20-33(30(23-27)36(7,8)10-2)44-22-12-11-21-39-34(41)26(4)40(32-24-28(37)16-19-31(32)38)45(42,43)29-17-13-25(3)14-18-29/h13-20,23-24,26H,9-12,21-22H2,1-8H3,(H,39,41). The molecule has 1 unspecified atom stereocenters. The largest absolute Gasteiger partial charge is 0.493 e. The zero-order valence-corrected chi connectivity index (χ0v) is 29.4. The number of rotatable bonds is 15. The number of unbranched alkanes of at least 4 members (excludes halogenated alkanes) is 1. The van der Waals surface area contributed by atoms with Crippen LogP contribution in [-0.4, -0.2) is 33.5 Å². The van der Waals surface area contributed by atoms with E-state index in [1.165, 1.54) is 42.3 Å². The molecule has 0 radical (unpaired) electrons. The maximum absolute atomic E-state index is 15.0. The predicted octanol–water partition coefficient (Wildman–Crippen LogP) is 8.72. The van der Waals surface area contributed by atoms with Crippen LogP contribution in [-0.2, 0) is 25.6 Å². The SMILES string of the molecule is CCC(C)(C)c1ccc(OCCCCNC(=O)C(C)N(c2cc(Cl)ccc2F)S(=O)(=O)c2ccc(C)cc2)c(C(C)(C)CC)c1. The van der Waals surface area contributed by atoms with Crippen molar-refractivity contribution in [1.82, 2.24) is 5.32 Å². The van der Waals surface area contributed by atoms with Crippen molar-refractivity contribution in [3.8, 4) is 5.75 Å². The van der Waals surface area contributed by atoms with Gasteiger partial charge in [0, 0.05) is 17.1 Å². The first-order chi connectivity index (χ1) is 21.0. The van der Waals surface area contributed by atoms with E-state index in [2.05, 4.69) is 65.1 Å². The first-order valence-electron chi connectivity index (χ1n) is 15.7. The summed E-state index contributed by atoms with van der Waals surface area (Å²) < 4.78 is 49.5. The Bertz CT molecular complexity index is 1570. The van der Waals surface area contributed by atoms with Gasteiger partial charge in [-0.2, -0.15) is 0 Å². The lowest BCUT2D eigenvalue weighted by Crippen LogP contribution is -2.48. The number of ether oxygens (including phenoxy) is 1. The van der Waals surface area contributed by atoms with Crippen molar-refractivity contribution < 1.29 is 22.3 Å². The number of hydrogen-bond acceptors (Lipinski definition) is 4. The first-order valence-corrected chi connectivity index (χ1v) is 17.5. The summed E-state index contributed by atoms with van der Waals surface area (Å²) in [5.41, 5.74) is 3.08. The van der Waals surface area contributed by atoms with Crippen molar-refractivity contribution in [2.24, 2.45) is 0 Å². The number of nitrogens with zero attached hydrogens (tertiary/aromatic N) is 1. The van der Waals surface area contributed by atoms with Gasteiger partial charge in [0.25, 0.3) is 10.0 Å². The summed E-state index contributed by atoms with van der Waals surface area (Å²) >= 11 is 6.11. The average Bonchev–Trinajstić information content (AvgIpc) is 3.00. The molecule has 0 aromatic heterocycles. The van der Waals surface area contributed by atoms with Gasteiger partial charge in [-0.3, -0.25) is 9.10 Å². The monoisotopic (exact) mass is 658 g/mol. The highest BCUT2D eigenvalue weighted by molar-refractivity contribution is 7.93. The predicted molar refractivity (Wildman–Crippen MR) is 183 cm³/mol. The molecule has 6 nitrogen and oxygen atoms in total. The van der Waals surface area contributed by atoms with Gasteiger partial charge in [-0.05, 0) is 92.3 Å². The third-order valence-corrected chi connectivity index (χ3v) is 11.0. The summed E-state index contributed by atoms with van der Waals surface area (Å²) in [6, 6.07) is 15.1. The van der Waals surface area contributed by atoms with E-state index in [0.29, 0.717) is 26.0 Å². The number of aryl methyl sites for hydroxylation is 1. The molecule has 3 aromatic carbocycles. The number of amides is 1. The van der Waals surface area contributed by atoms with Crippen molar-refractivity contribution in [2.45, 2.75) is 103 Å². The number of nitrogens with one attached hydrogen (secondary N) is 1. The normalized spacial score (nSPS) is 12.9. The van der Waals surface area contributed by atoms with Crippen molar-refractivity contribution in [3.63, 3.8) is 0 Å². The van der Waals surface area contributed by atoms with E-state index in [-0.39, 0.29) is 26.4 Å². The Kier molecular flexibility index (Phi) is 12.1. The lowest BCUT2D eigenvalue weighted by Gasteiger charge is -2.30. The molecule has 0 aliphatic rings. The van der Waals surface area contributed by atoms with Crippen molar-refractivity contribution in [2.75, 3.05) is 17.5 Å². The molecule has 0 aliphatic carbocycles. The number of hydrogen-bond donors (Lipinski definition) is 1. The van der Waals surface area contributed by atoms with Gasteiger partial charge in [0.05, 0.1) is 17.2 Å². The van der Waals surface area contributed by atoms with E-state index >= 15 is 0 Å². The zero-order chi connectivity index (χ0) is 33.6. The van der Waals surface area contributed by atoms with Crippen LogP contribution in [0.4, 0.5) is 10.1 Å². The second-order valence-electron chi connectivity index (χ2n) is 12.9. The van der Waals surface area contributed by atoms with Crippen molar-refractivity contribution in [1.29, 1.82) is 0 Å². The highest BCUT2D eigenvalue weighted by atomic mass is 35.5. The van der Waals surface area contributed by atoms with Gasteiger partial charge >= 0.3 is 0 Å². The van der Waals surface area contributed by atoms with Gasteiger partial charge in [-0.15, -0.1) is 0 Å². The van der Waals surface area contributed by atoms with Gasteiger partial charge in [-0.25, -0.2) is 12.8 Å². The van der Waals surface area contributed by atoms with Crippen LogP contribution in [0, 0.1) is 12.7 Å². The van der Waals surface area contributed by atoms with Crippen LogP contribution in [0.15, 0.2) is 65.6 Å². The summed E-state index contributed by atoms with van der Waals surface area (Å²) in [6.07, 6.45) is 3.30. The Morgan fingerprint density at radius 3 is 2.22 bits per heavy atom. The number of halogens is 2. The third kappa shape index (κ3) is 8.79. The summed E-state index contributed by atoms with van der Waals surface area (Å²) in [5.74, 6) is -0.480. The van der Waals surface area contributed by atoms with Crippen LogP contribution in [0.3, 0.4) is 0 Å². The fourth-order valence-corrected chi connectivity index (χ4v) is 6.68. The molecule has 0 spiro atoms. The maximum atomic E-state index is 15.0. The summed E-state index contributed by atoms with van der Waals surface area (Å²) in [4.78, 5) is 13.2. The van der Waals surface area contributed by atoms with Crippen LogP contribution in [0.2, 0.25) is 5.02 Å². The van der Waals surface area contributed by atoms with Crippen LogP contribution >= 0.6 is 11.6 Å². The molecule has 246 valence electrons. The topological polar surface area (TPSA) is 75.7 Å². The van der Waals surface area contributed by atoms with E-state index in [4.69, 9.17) is 16.3 Å².